The Balaban J connectivity index is 1.95. The predicted molar refractivity (Wildman–Crippen MR) is 112 cm³/mol. The lowest BCUT2D eigenvalue weighted by atomic mass is 9.87. The summed E-state index contributed by atoms with van der Waals surface area (Å²) in [6, 6.07) is 8.58. The molecule has 166 valence electrons. The van der Waals surface area contributed by atoms with Crippen molar-refractivity contribution in [3.8, 4) is 0 Å². The van der Waals surface area contributed by atoms with Crippen molar-refractivity contribution in [3.05, 3.63) is 70.4 Å². The molecule has 4 rings (SSSR count). The van der Waals surface area contributed by atoms with Gasteiger partial charge in [0, 0.05) is 28.2 Å². The summed E-state index contributed by atoms with van der Waals surface area (Å²) < 4.78 is 59.1. The highest BCUT2D eigenvalue weighted by atomic mass is 19.3. The van der Waals surface area contributed by atoms with Crippen LogP contribution < -0.4 is 0 Å². The van der Waals surface area contributed by atoms with Crippen LogP contribution in [0.2, 0.25) is 0 Å². The van der Waals surface area contributed by atoms with Crippen molar-refractivity contribution in [2.24, 2.45) is 0 Å². The number of hydrogen-bond acceptors (Lipinski definition) is 2. The minimum absolute atomic E-state index is 0.0817. The fourth-order valence-electron chi connectivity index (χ4n) is 4.58. The number of fused-ring (bicyclic) bond motifs is 3. The number of halogens is 4. The average molecular weight is 434 g/mol. The Kier molecular flexibility index (Phi) is 5.60. The van der Waals surface area contributed by atoms with Crippen molar-refractivity contribution in [1.29, 1.82) is 0 Å². The second kappa shape index (κ2) is 7.95. The van der Waals surface area contributed by atoms with E-state index in [1.807, 2.05) is 38.1 Å². The van der Waals surface area contributed by atoms with Gasteiger partial charge in [-0.2, -0.15) is 0 Å². The van der Waals surface area contributed by atoms with Crippen LogP contribution in [0.3, 0.4) is 0 Å². The molecular formula is C24H26F4N2O. The summed E-state index contributed by atoms with van der Waals surface area (Å²) in [6.45, 7) is 3.29. The first-order valence-electron chi connectivity index (χ1n) is 10.5. The van der Waals surface area contributed by atoms with Crippen molar-refractivity contribution in [3.63, 3.8) is 0 Å². The molecule has 0 aliphatic carbocycles. The Morgan fingerprint density at radius 2 is 1.81 bits per heavy atom. The Labute approximate surface area is 178 Å². The number of aromatic amines is 1. The molecule has 31 heavy (non-hydrogen) atoms. The molecule has 2 heterocycles. The van der Waals surface area contributed by atoms with Crippen LogP contribution in [0, 0.1) is 11.6 Å². The predicted octanol–water partition coefficient (Wildman–Crippen LogP) is 5.53. The van der Waals surface area contributed by atoms with E-state index in [9.17, 15) is 8.78 Å². The molecule has 2 atom stereocenters. The lowest BCUT2D eigenvalue weighted by Gasteiger charge is -2.42. The van der Waals surface area contributed by atoms with Gasteiger partial charge in [-0.1, -0.05) is 32.0 Å². The van der Waals surface area contributed by atoms with E-state index in [1.54, 1.807) is 6.92 Å². The Morgan fingerprint density at radius 3 is 2.42 bits per heavy atom. The minimum atomic E-state index is -3.40. The number of benzene rings is 2. The van der Waals surface area contributed by atoms with E-state index in [-0.39, 0.29) is 11.5 Å². The number of nitrogens with one attached hydrogen (secondary N) is 1. The van der Waals surface area contributed by atoms with Gasteiger partial charge >= 0.3 is 0 Å². The minimum Gasteiger partial charge on any atom is -0.390 e. The molecule has 2 N–H and O–H groups in total. The Bertz CT molecular complexity index is 1090. The number of hydrogen-bond donors (Lipinski definition) is 2. The van der Waals surface area contributed by atoms with Gasteiger partial charge in [0.2, 0.25) is 0 Å². The molecular weight excluding hydrogens is 408 g/mol. The molecule has 0 saturated carbocycles. The van der Waals surface area contributed by atoms with Crippen LogP contribution in [0.5, 0.6) is 0 Å². The lowest BCUT2D eigenvalue weighted by Crippen LogP contribution is -2.49. The summed E-state index contributed by atoms with van der Waals surface area (Å²) in [6.07, 6.45) is 0.449. The number of para-hydroxylation sites is 1. The molecule has 1 aromatic heterocycles. The van der Waals surface area contributed by atoms with E-state index in [0.717, 1.165) is 16.5 Å². The van der Waals surface area contributed by atoms with E-state index < -0.39 is 42.8 Å². The molecule has 1 aliphatic rings. The third-order valence-electron chi connectivity index (χ3n) is 6.20. The first-order valence-corrected chi connectivity index (χ1v) is 10.5. The highest BCUT2D eigenvalue weighted by molar-refractivity contribution is 5.85. The zero-order valence-electron chi connectivity index (χ0n) is 17.7. The highest BCUT2D eigenvalue weighted by Gasteiger charge is 2.43. The monoisotopic (exact) mass is 434 g/mol. The molecule has 3 aromatic rings. The molecule has 0 amide bonds. The van der Waals surface area contributed by atoms with Crippen LogP contribution in [0.15, 0.2) is 36.4 Å². The molecule has 0 radical (unpaired) electrons. The fourth-order valence-corrected chi connectivity index (χ4v) is 4.58. The van der Waals surface area contributed by atoms with Crippen LogP contribution in [-0.4, -0.2) is 40.1 Å². The third kappa shape index (κ3) is 3.85. The van der Waals surface area contributed by atoms with Gasteiger partial charge < -0.3 is 10.1 Å². The average Bonchev–Trinajstić information content (AvgIpc) is 3.07. The van der Waals surface area contributed by atoms with Gasteiger partial charge in [0.05, 0.1) is 12.6 Å². The SMILES string of the molecule is CC(C)c1cc(F)c([C@@H]2c3[nH]c4ccccc4c3C[C@@H](C)N2CC(F)(F)CO)c(F)c1. The second-order valence-electron chi connectivity index (χ2n) is 8.76. The molecule has 0 unspecified atom stereocenters. The van der Waals surface area contributed by atoms with E-state index >= 15 is 8.78 Å². The van der Waals surface area contributed by atoms with Crippen molar-refractivity contribution in [2.45, 2.75) is 51.1 Å². The van der Waals surface area contributed by atoms with Gasteiger partial charge in [0.15, 0.2) is 0 Å². The van der Waals surface area contributed by atoms with Crippen molar-refractivity contribution in [1.82, 2.24) is 9.88 Å². The summed E-state index contributed by atoms with van der Waals surface area (Å²) in [5, 5.41) is 10.1. The first kappa shape index (κ1) is 21.8. The maximum absolute atomic E-state index is 15.3. The van der Waals surface area contributed by atoms with Crippen molar-refractivity contribution in [2.75, 3.05) is 13.2 Å². The van der Waals surface area contributed by atoms with E-state index in [1.165, 1.54) is 17.0 Å². The fraction of sp³-hybridized carbons (Fsp3) is 0.417. The quantitative estimate of drug-likeness (QED) is 0.518. The van der Waals surface area contributed by atoms with Gasteiger partial charge in [0.1, 0.15) is 18.2 Å². The largest absolute Gasteiger partial charge is 0.390 e. The van der Waals surface area contributed by atoms with E-state index in [2.05, 4.69) is 4.98 Å². The van der Waals surface area contributed by atoms with Crippen LogP contribution in [0.1, 0.15) is 55.1 Å². The summed E-state index contributed by atoms with van der Waals surface area (Å²) in [7, 11) is 0. The molecule has 2 aromatic carbocycles. The van der Waals surface area contributed by atoms with E-state index in [4.69, 9.17) is 5.11 Å². The molecule has 7 heteroatoms. The molecule has 0 fully saturated rings. The number of aliphatic hydroxyl groups is 1. The standard InChI is InChI=1S/C24H26F4N2O/c1-13(2)15-9-18(25)21(19(26)10-15)23-22-17(16-6-4-5-7-20(16)29-22)8-14(3)30(23)11-24(27,28)12-31/h4-7,9-10,13-14,23,29,31H,8,11-12H2,1-3H3/t14-,23-/m1/s1. The maximum Gasteiger partial charge on any atom is 0.283 e. The molecule has 0 bridgehead atoms. The summed E-state index contributed by atoms with van der Waals surface area (Å²) >= 11 is 0. The number of nitrogens with zero attached hydrogens (tertiary/aromatic N) is 1. The number of aromatic nitrogens is 1. The Hall–Kier alpha value is -2.38. The first-order chi connectivity index (χ1) is 14.6. The van der Waals surface area contributed by atoms with Crippen LogP contribution in [0.25, 0.3) is 10.9 Å². The molecule has 0 saturated heterocycles. The van der Waals surface area contributed by atoms with Crippen molar-refractivity contribution >= 4 is 10.9 Å². The summed E-state index contributed by atoms with van der Waals surface area (Å²) in [5.74, 6) is -5.00. The molecule has 1 aliphatic heterocycles. The Morgan fingerprint density at radius 1 is 1.16 bits per heavy atom. The van der Waals surface area contributed by atoms with Crippen LogP contribution in [0.4, 0.5) is 17.6 Å². The van der Waals surface area contributed by atoms with Crippen molar-refractivity contribution < 1.29 is 22.7 Å². The number of rotatable bonds is 5. The second-order valence-corrected chi connectivity index (χ2v) is 8.76. The highest BCUT2D eigenvalue weighted by Crippen LogP contribution is 2.43. The normalized spacial score (nSPS) is 19.9. The summed E-state index contributed by atoms with van der Waals surface area (Å²) in [5.41, 5.74) is 2.44. The lowest BCUT2D eigenvalue weighted by molar-refractivity contribution is -0.0869. The van der Waals surface area contributed by atoms with Crippen LogP contribution in [-0.2, 0) is 6.42 Å². The van der Waals surface area contributed by atoms with Gasteiger partial charge in [-0.3, -0.25) is 4.90 Å². The van der Waals surface area contributed by atoms with Gasteiger partial charge in [-0.25, -0.2) is 17.6 Å². The zero-order chi connectivity index (χ0) is 22.5. The van der Waals surface area contributed by atoms with Gasteiger partial charge in [-0.05, 0) is 48.6 Å². The zero-order valence-corrected chi connectivity index (χ0v) is 17.7. The van der Waals surface area contributed by atoms with Gasteiger partial charge in [-0.15, -0.1) is 0 Å². The number of H-pyrrole nitrogens is 1. The number of alkyl halides is 2. The van der Waals surface area contributed by atoms with Crippen LogP contribution >= 0.6 is 0 Å². The molecule has 0 spiro atoms. The summed E-state index contributed by atoms with van der Waals surface area (Å²) in [4.78, 5) is 4.62. The van der Waals surface area contributed by atoms with E-state index in [0.29, 0.717) is 17.7 Å². The maximum atomic E-state index is 15.3. The topological polar surface area (TPSA) is 39.3 Å². The third-order valence-corrected chi connectivity index (χ3v) is 6.20. The number of aliphatic hydroxyl groups excluding tert-OH is 1. The smallest absolute Gasteiger partial charge is 0.283 e. The van der Waals surface area contributed by atoms with Gasteiger partial charge in [0.25, 0.3) is 5.92 Å². The molecule has 3 nitrogen and oxygen atoms in total.